The highest BCUT2D eigenvalue weighted by atomic mass is 32.1. The number of thiophene rings is 1. The molecule has 1 N–H and O–H groups in total. The minimum atomic E-state index is -0.385. The summed E-state index contributed by atoms with van der Waals surface area (Å²) in [6, 6.07) is 3.50. The van der Waals surface area contributed by atoms with Crippen molar-refractivity contribution in [3.63, 3.8) is 0 Å². The fourth-order valence-electron chi connectivity index (χ4n) is 1.72. The molecule has 1 aromatic rings. The standard InChI is InChI=1S/C12H14N2O2S/c1-9-12(16)13-6-7-14(9)11(15)5-4-10-3-2-8-17-10/h2-5,8-9H,6-7H2,1H3,(H,13,16). The van der Waals surface area contributed by atoms with E-state index in [-0.39, 0.29) is 17.9 Å². The van der Waals surface area contributed by atoms with E-state index in [0.29, 0.717) is 13.1 Å². The first-order valence-electron chi connectivity index (χ1n) is 5.48. The molecule has 2 rings (SSSR count). The summed E-state index contributed by atoms with van der Waals surface area (Å²) in [6.45, 7) is 2.84. The summed E-state index contributed by atoms with van der Waals surface area (Å²) >= 11 is 1.58. The van der Waals surface area contributed by atoms with Crippen LogP contribution in [0.25, 0.3) is 6.08 Å². The summed E-state index contributed by atoms with van der Waals surface area (Å²) in [7, 11) is 0. The normalized spacial score (nSPS) is 20.6. The lowest BCUT2D eigenvalue weighted by Gasteiger charge is -2.31. The van der Waals surface area contributed by atoms with Crippen molar-refractivity contribution < 1.29 is 9.59 Å². The Bertz CT molecular complexity index is 439. The predicted molar refractivity (Wildman–Crippen MR) is 67.5 cm³/mol. The molecule has 90 valence electrons. The van der Waals surface area contributed by atoms with Gasteiger partial charge in [0, 0.05) is 24.0 Å². The Hall–Kier alpha value is -1.62. The number of nitrogens with zero attached hydrogens (tertiary/aromatic N) is 1. The number of amides is 2. The van der Waals surface area contributed by atoms with Gasteiger partial charge in [0.1, 0.15) is 6.04 Å². The van der Waals surface area contributed by atoms with Crippen molar-refractivity contribution in [2.75, 3.05) is 13.1 Å². The Morgan fingerprint density at radius 3 is 3.18 bits per heavy atom. The number of carbonyl (C=O) groups is 2. The number of piperazine rings is 1. The van der Waals surface area contributed by atoms with E-state index in [9.17, 15) is 9.59 Å². The fourth-order valence-corrected chi connectivity index (χ4v) is 2.34. The third-order valence-electron chi connectivity index (χ3n) is 2.72. The van der Waals surface area contributed by atoms with Crippen LogP contribution in [0.15, 0.2) is 23.6 Å². The van der Waals surface area contributed by atoms with Gasteiger partial charge in [0.05, 0.1) is 0 Å². The molecule has 1 aliphatic rings. The van der Waals surface area contributed by atoms with Gasteiger partial charge in [-0.2, -0.15) is 0 Å². The molecule has 1 fully saturated rings. The molecule has 1 aliphatic heterocycles. The monoisotopic (exact) mass is 250 g/mol. The van der Waals surface area contributed by atoms with Crippen LogP contribution >= 0.6 is 11.3 Å². The van der Waals surface area contributed by atoms with Crippen LogP contribution in [-0.2, 0) is 9.59 Å². The van der Waals surface area contributed by atoms with E-state index in [1.165, 1.54) is 6.08 Å². The minimum Gasteiger partial charge on any atom is -0.353 e. The summed E-state index contributed by atoms with van der Waals surface area (Å²) in [5, 5.41) is 4.69. The van der Waals surface area contributed by atoms with Gasteiger partial charge in [0.2, 0.25) is 11.8 Å². The number of rotatable bonds is 2. The molecule has 0 radical (unpaired) electrons. The van der Waals surface area contributed by atoms with E-state index in [0.717, 1.165) is 4.88 Å². The average Bonchev–Trinajstić information content (AvgIpc) is 2.82. The van der Waals surface area contributed by atoms with Crippen molar-refractivity contribution >= 4 is 29.2 Å². The number of hydrogen-bond acceptors (Lipinski definition) is 3. The highest BCUT2D eigenvalue weighted by Gasteiger charge is 2.27. The van der Waals surface area contributed by atoms with Crippen LogP contribution in [0.4, 0.5) is 0 Å². The van der Waals surface area contributed by atoms with Crippen LogP contribution in [0.5, 0.6) is 0 Å². The summed E-state index contributed by atoms with van der Waals surface area (Å²) < 4.78 is 0. The molecule has 0 bridgehead atoms. The second-order valence-electron chi connectivity index (χ2n) is 3.85. The van der Waals surface area contributed by atoms with Gasteiger partial charge in [-0.15, -0.1) is 11.3 Å². The van der Waals surface area contributed by atoms with Crippen molar-refractivity contribution in [1.82, 2.24) is 10.2 Å². The fraction of sp³-hybridized carbons (Fsp3) is 0.333. The molecule has 4 nitrogen and oxygen atoms in total. The van der Waals surface area contributed by atoms with Crippen LogP contribution in [0.3, 0.4) is 0 Å². The highest BCUT2D eigenvalue weighted by molar-refractivity contribution is 7.10. The summed E-state index contributed by atoms with van der Waals surface area (Å²) in [5.74, 6) is -0.199. The molecule has 0 aliphatic carbocycles. The first-order valence-corrected chi connectivity index (χ1v) is 6.36. The second kappa shape index (κ2) is 5.14. The molecule has 2 heterocycles. The quantitative estimate of drug-likeness (QED) is 0.799. The number of nitrogens with one attached hydrogen (secondary N) is 1. The predicted octanol–water partition coefficient (Wildman–Crippen LogP) is 1.11. The van der Waals surface area contributed by atoms with E-state index < -0.39 is 0 Å². The SMILES string of the molecule is CC1C(=O)NCCN1C(=O)C=Cc1cccs1. The molecule has 1 unspecified atom stereocenters. The lowest BCUT2D eigenvalue weighted by molar-refractivity contribution is -0.139. The molecule has 2 amide bonds. The third kappa shape index (κ3) is 2.74. The van der Waals surface area contributed by atoms with Crippen LogP contribution in [0.2, 0.25) is 0 Å². The lowest BCUT2D eigenvalue weighted by atomic mass is 10.2. The molecule has 5 heteroatoms. The Kier molecular flexibility index (Phi) is 3.58. The van der Waals surface area contributed by atoms with Crippen molar-refractivity contribution in [1.29, 1.82) is 0 Å². The lowest BCUT2D eigenvalue weighted by Crippen LogP contribution is -2.55. The second-order valence-corrected chi connectivity index (χ2v) is 4.83. The Labute approximate surface area is 104 Å². The van der Waals surface area contributed by atoms with Crippen molar-refractivity contribution in [3.8, 4) is 0 Å². The van der Waals surface area contributed by atoms with E-state index in [1.807, 2.05) is 17.5 Å². The minimum absolute atomic E-state index is 0.0888. The van der Waals surface area contributed by atoms with Crippen molar-refractivity contribution in [3.05, 3.63) is 28.5 Å². The molecule has 0 aromatic carbocycles. The van der Waals surface area contributed by atoms with Crippen molar-refractivity contribution in [2.45, 2.75) is 13.0 Å². The topological polar surface area (TPSA) is 49.4 Å². The first kappa shape index (κ1) is 11.9. The van der Waals surface area contributed by atoms with E-state index in [4.69, 9.17) is 0 Å². The van der Waals surface area contributed by atoms with E-state index >= 15 is 0 Å². The van der Waals surface area contributed by atoms with Gasteiger partial charge < -0.3 is 10.2 Å². The smallest absolute Gasteiger partial charge is 0.247 e. The van der Waals surface area contributed by atoms with Crippen LogP contribution in [0, 0.1) is 0 Å². The van der Waals surface area contributed by atoms with Crippen LogP contribution in [0.1, 0.15) is 11.8 Å². The average molecular weight is 250 g/mol. The molecular formula is C12H14N2O2S. The van der Waals surface area contributed by atoms with Gasteiger partial charge in [-0.3, -0.25) is 9.59 Å². The molecule has 1 atom stereocenters. The van der Waals surface area contributed by atoms with Gasteiger partial charge in [-0.05, 0) is 24.4 Å². The zero-order valence-electron chi connectivity index (χ0n) is 9.55. The Morgan fingerprint density at radius 2 is 2.47 bits per heavy atom. The number of hydrogen-bond donors (Lipinski definition) is 1. The summed E-state index contributed by atoms with van der Waals surface area (Å²) in [4.78, 5) is 25.9. The maximum atomic E-state index is 11.9. The molecule has 0 spiro atoms. The Balaban J connectivity index is 2.02. The van der Waals surface area contributed by atoms with E-state index in [1.54, 1.807) is 29.2 Å². The van der Waals surface area contributed by atoms with Crippen LogP contribution < -0.4 is 5.32 Å². The highest BCUT2D eigenvalue weighted by Crippen LogP contribution is 2.11. The summed E-state index contributed by atoms with van der Waals surface area (Å²) in [5.41, 5.74) is 0. The van der Waals surface area contributed by atoms with Gasteiger partial charge in [0.15, 0.2) is 0 Å². The van der Waals surface area contributed by atoms with Gasteiger partial charge in [0.25, 0.3) is 0 Å². The summed E-state index contributed by atoms with van der Waals surface area (Å²) in [6.07, 6.45) is 3.31. The maximum absolute atomic E-state index is 11.9. The maximum Gasteiger partial charge on any atom is 0.247 e. The van der Waals surface area contributed by atoms with Gasteiger partial charge in [-0.1, -0.05) is 6.07 Å². The molecule has 1 saturated heterocycles. The van der Waals surface area contributed by atoms with Crippen molar-refractivity contribution in [2.24, 2.45) is 0 Å². The molecule has 1 aromatic heterocycles. The Morgan fingerprint density at radius 1 is 1.65 bits per heavy atom. The van der Waals surface area contributed by atoms with Gasteiger partial charge in [-0.25, -0.2) is 0 Å². The third-order valence-corrected chi connectivity index (χ3v) is 3.55. The van der Waals surface area contributed by atoms with Gasteiger partial charge >= 0.3 is 0 Å². The molecular weight excluding hydrogens is 236 g/mol. The largest absolute Gasteiger partial charge is 0.353 e. The zero-order valence-corrected chi connectivity index (χ0v) is 10.4. The molecule has 17 heavy (non-hydrogen) atoms. The molecule has 0 saturated carbocycles. The number of carbonyl (C=O) groups excluding carboxylic acids is 2. The van der Waals surface area contributed by atoms with E-state index in [2.05, 4.69) is 5.32 Å². The first-order chi connectivity index (χ1) is 8.18. The van der Waals surface area contributed by atoms with Crippen LogP contribution in [-0.4, -0.2) is 35.8 Å². The zero-order chi connectivity index (χ0) is 12.3.